The Bertz CT molecular complexity index is 359. The van der Waals surface area contributed by atoms with Gasteiger partial charge in [0.25, 0.3) is 0 Å². The number of rotatable bonds is 2. The molecule has 1 aromatic carbocycles. The smallest absolute Gasteiger partial charge is 0.134 e. The minimum absolute atomic E-state index is 0.416. The number of methoxy groups -OCH3 is 1. The number of hydrogen-bond donors (Lipinski definition) is 0. The highest BCUT2D eigenvalue weighted by Gasteiger charge is 2.06. The van der Waals surface area contributed by atoms with Crippen molar-refractivity contribution < 1.29 is 4.74 Å². The molecule has 0 aliphatic heterocycles. The molecule has 0 saturated heterocycles. The quantitative estimate of drug-likeness (QED) is 0.767. The summed E-state index contributed by atoms with van der Waals surface area (Å²) in [5, 5.41) is 8.54. The molecule has 0 unspecified atom stereocenters. The second-order valence-electron chi connectivity index (χ2n) is 2.43. The average molecular weight is 352 g/mol. The van der Waals surface area contributed by atoms with Crippen LogP contribution in [0.3, 0.4) is 0 Å². The van der Waals surface area contributed by atoms with Crippen LogP contribution in [0.4, 0.5) is 0 Å². The van der Waals surface area contributed by atoms with Gasteiger partial charge in [-0.3, -0.25) is 0 Å². The molecule has 0 spiro atoms. The average Bonchev–Trinajstić information content (AvgIpc) is 2.11. The molecule has 4 heteroatoms. The standard InChI is InChI=1S/C9H7BrINO/c1-13-8-5-6(2-3-12)4-7(11)9(8)10/h4-5H,2H2,1H3. The predicted octanol–water partition coefficient (Wildman–Crippen LogP) is 3.13. The largest absolute Gasteiger partial charge is 0.496 e. The Morgan fingerprint density at radius 1 is 1.62 bits per heavy atom. The Labute approximate surface area is 99.2 Å². The van der Waals surface area contributed by atoms with Crippen LogP contribution in [0.1, 0.15) is 5.56 Å². The Hall–Kier alpha value is -0.280. The highest BCUT2D eigenvalue weighted by Crippen LogP contribution is 2.31. The monoisotopic (exact) mass is 351 g/mol. The summed E-state index contributed by atoms with van der Waals surface area (Å²) < 4.78 is 7.15. The third kappa shape index (κ3) is 2.58. The molecule has 0 radical (unpaired) electrons. The fraction of sp³-hybridized carbons (Fsp3) is 0.222. The zero-order valence-electron chi connectivity index (χ0n) is 6.97. The second kappa shape index (κ2) is 4.82. The zero-order chi connectivity index (χ0) is 9.84. The third-order valence-electron chi connectivity index (χ3n) is 1.56. The maximum atomic E-state index is 8.54. The van der Waals surface area contributed by atoms with E-state index in [1.807, 2.05) is 12.1 Å². The lowest BCUT2D eigenvalue weighted by Gasteiger charge is -2.06. The van der Waals surface area contributed by atoms with E-state index < -0.39 is 0 Å². The Balaban J connectivity index is 3.16. The lowest BCUT2D eigenvalue weighted by atomic mass is 10.1. The maximum Gasteiger partial charge on any atom is 0.134 e. The van der Waals surface area contributed by atoms with Crippen molar-refractivity contribution in [3.8, 4) is 11.8 Å². The van der Waals surface area contributed by atoms with Crippen molar-refractivity contribution in [3.63, 3.8) is 0 Å². The van der Waals surface area contributed by atoms with E-state index in [9.17, 15) is 0 Å². The van der Waals surface area contributed by atoms with Gasteiger partial charge in [-0.2, -0.15) is 5.26 Å². The van der Waals surface area contributed by atoms with Crippen molar-refractivity contribution in [2.45, 2.75) is 6.42 Å². The number of benzene rings is 1. The fourth-order valence-corrected chi connectivity index (χ4v) is 2.02. The highest BCUT2D eigenvalue weighted by molar-refractivity contribution is 14.1. The Morgan fingerprint density at radius 2 is 2.31 bits per heavy atom. The van der Waals surface area contributed by atoms with Crippen molar-refractivity contribution >= 4 is 38.5 Å². The summed E-state index contributed by atoms with van der Waals surface area (Å²) in [7, 11) is 1.62. The summed E-state index contributed by atoms with van der Waals surface area (Å²) >= 11 is 5.61. The summed E-state index contributed by atoms with van der Waals surface area (Å²) in [5.41, 5.74) is 0.979. The minimum atomic E-state index is 0.416. The van der Waals surface area contributed by atoms with E-state index in [0.717, 1.165) is 19.4 Å². The summed E-state index contributed by atoms with van der Waals surface area (Å²) in [4.78, 5) is 0. The molecular formula is C9H7BrINO. The van der Waals surface area contributed by atoms with Gasteiger partial charge in [0.05, 0.1) is 24.1 Å². The van der Waals surface area contributed by atoms with E-state index >= 15 is 0 Å². The van der Waals surface area contributed by atoms with E-state index in [1.54, 1.807) is 7.11 Å². The first-order valence-corrected chi connectivity index (χ1v) is 5.45. The van der Waals surface area contributed by atoms with Crippen LogP contribution in [0.5, 0.6) is 5.75 Å². The highest BCUT2D eigenvalue weighted by atomic mass is 127. The number of hydrogen-bond acceptors (Lipinski definition) is 2. The number of ether oxygens (including phenoxy) is 1. The van der Waals surface area contributed by atoms with Gasteiger partial charge in [-0.1, -0.05) is 0 Å². The van der Waals surface area contributed by atoms with E-state index in [-0.39, 0.29) is 0 Å². The second-order valence-corrected chi connectivity index (χ2v) is 4.38. The molecule has 68 valence electrons. The van der Waals surface area contributed by atoms with Crippen molar-refractivity contribution in [2.24, 2.45) is 0 Å². The first-order chi connectivity index (χ1) is 6.19. The number of halogens is 2. The van der Waals surface area contributed by atoms with Gasteiger partial charge in [-0.25, -0.2) is 0 Å². The van der Waals surface area contributed by atoms with Crippen LogP contribution in [0.2, 0.25) is 0 Å². The molecule has 0 aliphatic rings. The van der Waals surface area contributed by atoms with Gasteiger partial charge < -0.3 is 4.74 Å². The van der Waals surface area contributed by atoms with Gasteiger partial charge in [0, 0.05) is 3.57 Å². The van der Waals surface area contributed by atoms with Gasteiger partial charge in [-0.05, 0) is 56.2 Å². The molecule has 1 aromatic rings. The topological polar surface area (TPSA) is 33.0 Å². The van der Waals surface area contributed by atoms with Gasteiger partial charge in [0.1, 0.15) is 5.75 Å². The molecule has 0 bridgehead atoms. The molecule has 0 amide bonds. The summed E-state index contributed by atoms with van der Waals surface area (Å²) in [6.45, 7) is 0. The molecule has 1 rings (SSSR count). The van der Waals surface area contributed by atoms with Crippen molar-refractivity contribution in [1.82, 2.24) is 0 Å². The van der Waals surface area contributed by atoms with Crippen molar-refractivity contribution in [3.05, 3.63) is 25.7 Å². The molecule has 0 fully saturated rings. The van der Waals surface area contributed by atoms with Crippen molar-refractivity contribution in [2.75, 3.05) is 7.11 Å². The minimum Gasteiger partial charge on any atom is -0.496 e. The summed E-state index contributed by atoms with van der Waals surface area (Å²) in [5.74, 6) is 0.775. The maximum absolute atomic E-state index is 8.54. The van der Waals surface area contributed by atoms with Crippen LogP contribution in [0.25, 0.3) is 0 Å². The summed E-state index contributed by atoms with van der Waals surface area (Å²) in [6, 6.07) is 5.95. The van der Waals surface area contributed by atoms with E-state index in [1.165, 1.54) is 0 Å². The SMILES string of the molecule is COc1cc(CC#N)cc(I)c1Br. The van der Waals surface area contributed by atoms with E-state index in [0.29, 0.717) is 6.42 Å². The van der Waals surface area contributed by atoms with Crippen LogP contribution in [-0.2, 0) is 6.42 Å². The molecule has 0 aliphatic carbocycles. The first kappa shape index (κ1) is 10.8. The molecule has 0 heterocycles. The normalized spacial score (nSPS) is 9.38. The molecule has 0 saturated carbocycles. The van der Waals surface area contributed by atoms with Crippen molar-refractivity contribution in [1.29, 1.82) is 5.26 Å². The lowest BCUT2D eigenvalue weighted by Crippen LogP contribution is -1.90. The van der Waals surface area contributed by atoms with Gasteiger partial charge >= 0.3 is 0 Å². The lowest BCUT2D eigenvalue weighted by molar-refractivity contribution is 0.411. The molecule has 0 aromatic heterocycles. The molecule has 0 N–H and O–H groups in total. The van der Waals surface area contributed by atoms with E-state index in [2.05, 4.69) is 44.6 Å². The molecule has 2 nitrogen and oxygen atoms in total. The molecule has 0 atom stereocenters. The third-order valence-corrected chi connectivity index (χ3v) is 3.97. The molecular weight excluding hydrogens is 345 g/mol. The van der Waals surface area contributed by atoms with Gasteiger partial charge in [-0.15, -0.1) is 0 Å². The number of nitrogens with zero attached hydrogens (tertiary/aromatic N) is 1. The Kier molecular flexibility index (Phi) is 4.00. The fourth-order valence-electron chi connectivity index (χ4n) is 0.959. The van der Waals surface area contributed by atoms with Gasteiger partial charge in [0.2, 0.25) is 0 Å². The van der Waals surface area contributed by atoms with Crippen LogP contribution in [-0.4, -0.2) is 7.11 Å². The summed E-state index contributed by atoms with van der Waals surface area (Å²) in [6.07, 6.45) is 0.416. The number of nitriles is 1. The van der Waals surface area contributed by atoms with Crippen LogP contribution < -0.4 is 4.74 Å². The zero-order valence-corrected chi connectivity index (χ0v) is 10.7. The first-order valence-electron chi connectivity index (χ1n) is 3.58. The van der Waals surface area contributed by atoms with Crippen LogP contribution in [0.15, 0.2) is 16.6 Å². The Morgan fingerprint density at radius 3 is 2.85 bits per heavy atom. The molecule has 13 heavy (non-hydrogen) atoms. The predicted molar refractivity (Wildman–Crippen MR) is 62.7 cm³/mol. The van der Waals surface area contributed by atoms with Crippen LogP contribution in [0, 0.1) is 14.9 Å². The van der Waals surface area contributed by atoms with Crippen LogP contribution >= 0.6 is 38.5 Å². The van der Waals surface area contributed by atoms with E-state index in [4.69, 9.17) is 10.00 Å². The van der Waals surface area contributed by atoms with Gasteiger partial charge in [0.15, 0.2) is 0 Å².